The van der Waals surface area contributed by atoms with Crippen molar-refractivity contribution in [2.75, 3.05) is 19.0 Å². The first kappa shape index (κ1) is 20.3. The molecule has 2 aromatic carbocycles. The van der Waals surface area contributed by atoms with E-state index in [2.05, 4.69) is 15.6 Å². The molecule has 0 bridgehead atoms. The van der Waals surface area contributed by atoms with Gasteiger partial charge in [0.1, 0.15) is 17.4 Å². The summed E-state index contributed by atoms with van der Waals surface area (Å²) >= 11 is 6.09. The van der Waals surface area contributed by atoms with Crippen LogP contribution in [0.3, 0.4) is 0 Å². The van der Waals surface area contributed by atoms with Gasteiger partial charge in [-0.15, -0.1) is 0 Å². The molecule has 0 aliphatic carbocycles. The molecule has 7 heteroatoms. The highest BCUT2D eigenvalue weighted by molar-refractivity contribution is 6.30. The summed E-state index contributed by atoms with van der Waals surface area (Å²) in [4.78, 5) is 16.3. The molecule has 0 spiro atoms. The van der Waals surface area contributed by atoms with Crippen LogP contribution in [0.1, 0.15) is 17.5 Å². The number of hydrogen-bond donors (Lipinski definition) is 2. The summed E-state index contributed by atoms with van der Waals surface area (Å²) in [6, 6.07) is 13.9. The van der Waals surface area contributed by atoms with E-state index in [1.165, 1.54) is 7.11 Å². The van der Waals surface area contributed by atoms with Crippen LogP contribution in [0.2, 0.25) is 5.02 Å². The number of nitrogens with zero attached hydrogens (tertiary/aromatic N) is 1. The minimum absolute atomic E-state index is 0.0890. The van der Waals surface area contributed by atoms with Crippen molar-refractivity contribution in [2.45, 2.75) is 18.9 Å². The van der Waals surface area contributed by atoms with E-state index in [0.29, 0.717) is 39.7 Å². The fourth-order valence-corrected chi connectivity index (χ4v) is 3.56. The van der Waals surface area contributed by atoms with Gasteiger partial charge in [-0.2, -0.15) is 0 Å². The van der Waals surface area contributed by atoms with Crippen LogP contribution in [-0.2, 0) is 11.2 Å². The van der Waals surface area contributed by atoms with Crippen LogP contribution >= 0.6 is 11.6 Å². The molecule has 1 atom stereocenters. The minimum Gasteiger partial charge on any atom is -0.496 e. The van der Waals surface area contributed by atoms with Crippen LogP contribution in [0.5, 0.6) is 5.75 Å². The van der Waals surface area contributed by atoms with Gasteiger partial charge in [0.15, 0.2) is 0 Å². The van der Waals surface area contributed by atoms with Gasteiger partial charge in [-0.25, -0.2) is 9.37 Å². The maximum absolute atomic E-state index is 15.4. The Morgan fingerprint density at radius 2 is 2.13 bits per heavy atom. The summed E-state index contributed by atoms with van der Waals surface area (Å²) in [5.41, 5.74) is 2.38. The van der Waals surface area contributed by atoms with Crippen molar-refractivity contribution >= 4 is 23.3 Å². The highest BCUT2D eigenvalue weighted by Gasteiger charge is 2.24. The smallest absolute Gasteiger partial charge is 0.242 e. The first-order chi connectivity index (χ1) is 14.5. The van der Waals surface area contributed by atoms with E-state index in [1.807, 2.05) is 6.07 Å². The van der Waals surface area contributed by atoms with Crippen LogP contribution in [0, 0.1) is 5.82 Å². The highest BCUT2D eigenvalue weighted by Crippen LogP contribution is 2.36. The molecule has 2 heterocycles. The number of rotatable bonds is 6. The third-order valence-electron chi connectivity index (χ3n) is 5.13. The van der Waals surface area contributed by atoms with Crippen molar-refractivity contribution < 1.29 is 13.9 Å². The van der Waals surface area contributed by atoms with Crippen LogP contribution in [-0.4, -0.2) is 30.6 Å². The van der Waals surface area contributed by atoms with E-state index in [4.69, 9.17) is 16.3 Å². The van der Waals surface area contributed by atoms with E-state index < -0.39 is 0 Å². The molecule has 1 amide bonds. The summed E-state index contributed by atoms with van der Waals surface area (Å²) in [5, 5.41) is 6.36. The first-order valence-electron chi connectivity index (χ1n) is 9.65. The molecule has 1 aliphatic rings. The van der Waals surface area contributed by atoms with E-state index in [0.717, 1.165) is 18.5 Å². The van der Waals surface area contributed by atoms with Crippen LogP contribution in [0.4, 0.5) is 10.2 Å². The predicted octanol–water partition coefficient (Wildman–Crippen LogP) is 4.44. The number of hydrogen-bond acceptors (Lipinski definition) is 4. The molecule has 2 N–H and O–H groups in total. The Morgan fingerprint density at radius 3 is 2.77 bits per heavy atom. The number of methoxy groups -OCH3 is 1. The molecule has 0 radical (unpaired) electrons. The Bertz CT molecular complexity index is 1070. The highest BCUT2D eigenvalue weighted by atomic mass is 35.5. The number of ether oxygens (including phenoxy) is 1. The number of aromatic nitrogens is 1. The molecule has 1 aromatic heterocycles. The van der Waals surface area contributed by atoms with Crippen molar-refractivity contribution in [3.8, 4) is 16.9 Å². The summed E-state index contributed by atoms with van der Waals surface area (Å²) < 4.78 is 20.8. The topological polar surface area (TPSA) is 63.2 Å². The lowest BCUT2D eigenvalue weighted by Gasteiger charge is -2.25. The fraction of sp³-hybridized carbons (Fsp3) is 0.217. The minimum atomic E-state index is -0.356. The van der Waals surface area contributed by atoms with Gasteiger partial charge >= 0.3 is 0 Å². The van der Waals surface area contributed by atoms with Gasteiger partial charge in [0.2, 0.25) is 5.91 Å². The molecule has 4 rings (SSSR count). The first-order valence-corrected chi connectivity index (χ1v) is 10.0. The van der Waals surface area contributed by atoms with Crippen molar-refractivity contribution in [2.24, 2.45) is 0 Å². The van der Waals surface area contributed by atoms with E-state index in [9.17, 15) is 4.79 Å². The molecule has 154 valence electrons. The van der Waals surface area contributed by atoms with E-state index >= 15 is 4.39 Å². The largest absolute Gasteiger partial charge is 0.496 e. The standard InChI is InChI=1S/C23H21ClFN3O2/c1-30-19-7-6-16(22(25)21(19)15-3-2-4-17(24)12-15)11-14-5-8-20(27-13-14)28-23(29)18-9-10-26-18/h2-8,12-13,18,26H,9-11H2,1H3,(H,27,28,29). The average Bonchev–Trinajstić information content (AvgIpc) is 2.69. The maximum Gasteiger partial charge on any atom is 0.242 e. The number of nitrogens with one attached hydrogen (secondary N) is 2. The summed E-state index contributed by atoms with van der Waals surface area (Å²) in [7, 11) is 1.51. The summed E-state index contributed by atoms with van der Waals surface area (Å²) in [6.45, 7) is 0.856. The fourth-order valence-electron chi connectivity index (χ4n) is 3.37. The zero-order valence-corrected chi connectivity index (χ0v) is 17.2. The van der Waals surface area contributed by atoms with Gasteiger partial charge < -0.3 is 15.4 Å². The number of amides is 1. The van der Waals surface area contributed by atoms with Crippen molar-refractivity contribution in [3.05, 3.63) is 76.7 Å². The van der Waals surface area contributed by atoms with E-state index in [-0.39, 0.29) is 17.8 Å². The molecule has 1 saturated heterocycles. The van der Waals surface area contributed by atoms with Gasteiger partial charge in [-0.1, -0.05) is 35.9 Å². The van der Waals surface area contributed by atoms with Gasteiger partial charge in [0.25, 0.3) is 0 Å². The zero-order chi connectivity index (χ0) is 21.1. The van der Waals surface area contributed by atoms with Gasteiger partial charge in [-0.05, 0) is 53.9 Å². The summed E-state index contributed by atoms with van der Waals surface area (Å²) in [5.74, 6) is 0.477. The molecule has 5 nitrogen and oxygen atoms in total. The Labute approximate surface area is 179 Å². The molecule has 0 saturated carbocycles. The second-order valence-corrected chi connectivity index (χ2v) is 7.58. The number of pyridine rings is 1. The Kier molecular flexibility index (Phi) is 5.97. The van der Waals surface area contributed by atoms with Gasteiger partial charge in [0, 0.05) is 17.6 Å². The third-order valence-corrected chi connectivity index (χ3v) is 5.36. The lowest BCUT2D eigenvalue weighted by molar-refractivity contribution is -0.119. The molecule has 1 unspecified atom stereocenters. The van der Waals surface area contributed by atoms with Crippen molar-refractivity contribution in [1.82, 2.24) is 10.3 Å². The normalized spacial score (nSPS) is 15.4. The maximum atomic E-state index is 15.4. The molecule has 30 heavy (non-hydrogen) atoms. The van der Waals surface area contributed by atoms with E-state index in [1.54, 1.807) is 48.7 Å². The number of anilines is 1. The lowest BCUT2D eigenvalue weighted by Crippen LogP contribution is -2.50. The van der Waals surface area contributed by atoms with Crippen molar-refractivity contribution in [3.63, 3.8) is 0 Å². The lowest BCUT2D eigenvalue weighted by atomic mass is 9.97. The number of carbonyl (C=O) groups is 1. The second kappa shape index (κ2) is 8.81. The Balaban J connectivity index is 1.56. The van der Waals surface area contributed by atoms with Crippen LogP contribution < -0.4 is 15.4 Å². The third kappa shape index (κ3) is 4.30. The molecular weight excluding hydrogens is 405 g/mol. The average molecular weight is 426 g/mol. The van der Waals surface area contributed by atoms with Crippen molar-refractivity contribution in [1.29, 1.82) is 0 Å². The molecular formula is C23H21ClFN3O2. The SMILES string of the molecule is COc1ccc(Cc2ccc(NC(=O)C3CCN3)nc2)c(F)c1-c1cccc(Cl)c1. The molecule has 1 fully saturated rings. The monoisotopic (exact) mass is 425 g/mol. The Hall–Kier alpha value is -2.96. The quantitative estimate of drug-likeness (QED) is 0.612. The van der Waals surface area contributed by atoms with Gasteiger partial charge in [-0.3, -0.25) is 4.79 Å². The summed E-state index contributed by atoms with van der Waals surface area (Å²) in [6.07, 6.45) is 2.83. The van der Waals surface area contributed by atoms with Gasteiger partial charge in [0.05, 0.1) is 18.7 Å². The predicted molar refractivity (Wildman–Crippen MR) is 115 cm³/mol. The zero-order valence-electron chi connectivity index (χ0n) is 16.4. The number of halogens is 2. The van der Waals surface area contributed by atoms with Crippen LogP contribution in [0.25, 0.3) is 11.1 Å². The number of carbonyl (C=O) groups excluding carboxylic acids is 1. The number of benzene rings is 2. The Morgan fingerprint density at radius 1 is 1.30 bits per heavy atom. The molecule has 1 aliphatic heterocycles. The van der Waals surface area contributed by atoms with Crippen LogP contribution in [0.15, 0.2) is 54.7 Å². The second-order valence-electron chi connectivity index (χ2n) is 7.14. The molecule has 3 aromatic rings.